The van der Waals surface area contributed by atoms with Gasteiger partial charge in [0.25, 0.3) is 0 Å². The minimum Gasteiger partial charge on any atom is -0.409 e. The van der Waals surface area contributed by atoms with Gasteiger partial charge in [0.2, 0.25) is 5.91 Å². The molecule has 1 unspecified atom stereocenters. The first-order chi connectivity index (χ1) is 7.90. The summed E-state index contributed by atoms with van der Waals surface area (Å²) >= 11 is 0. The van der Waals surface area contributed by atoms with Crippen molar-refractivity contribution in [1.82, 2.24) is 5.32 Å². The average molecular weight is 243 g/mol. The highest BCUT2D eigenvalue weighted by Crippen LogP contribution is 2.11. The summed E-state index contributed by atoms with van der Waals surface area (Å²) < 4.78 is 0. The molecule has 0 saturated carbocycles. The molecule has 1 atom stereocenters. The summed E-state index contributed by atoms with van der Waals surface area (Å²) in [6.45, 7) is 8.68. The molecule has 0 bridgehead atoms. The highest BCUT2D eigenvalue weighted by Gasteiger charge is 2.26. The zero-order valence-electron chi connectivity index (χ0n) is 11.2. The van der Waals surface area contributed by atoms with Crippen LogP contribution in [0, 0.1) is 17.8 Å². The number of carbonyl (C=O) groups is 1. The van der Waals surface area contributed by atoms with Gasteiger partial charge in [0.15, 0.2) is 5.84 Å². The van der Waals surface area contributed by atoms with E-state index >= 15 is 0 Å². The Morgan fingerprint density at radius 3 is 2.35 bits per heavy atom. The van der Waals surface area contributed by atoms with E-state index in [4.69, 9.17) is 10.9 Å². The lowest BCUT2D eigenvalue weighted by molar-refractivity contribution is -0.124. The molecule has 0 aromatic heterocycles. The maximum Gasteiger partial charge on any atom is 0.231 e. The fourth-order valence-corrected chi connectivity index (χ4v) is 1.67. The van der Waals surface area contributed by atoms with Gasteiger partial charge in [-0.3, -0.25) is 4.79 Å². The lowest BCUT2D eigenvalue weighted by Gasteiger charge is -2.18. The third-order valence-electron chi connectivity index (χ3n) is 2.64. The molecule has 0 rings (SSSR count). The van der Waals surface area contributed by atoms with Crippen molar-refractivity contribution in [2.75, 3.05) is 6.54 Å². The number of nitrogens with zero attached hydrogens (tertiary/aromatic N) is 1. The molecule has 100 valence electrons. The van der Waals surface area contributed by atoms with Crippen molar-refractivity contribution in [3.8, 4) is 0 Å². The van der Waals surface area contributed by atoms with Gasteiger partial charge in [-0.2, -0.15) is 0 Å². The Morgan fingerprint density at radius 2 is 1.94 bits per heavy atom. The molecule has 1 amide bonds. The minimum atomic E-state index is -0.556. The van der Waals surface area contributed by atoms with Crippen LogP contribution < -0.4 is 11.1 Å². The van der Waals surface area contributed by atoms with Gasteiger partial charge in [-0.1, -0.05) is 32.9 Å². The van der Waals surface area contributed by atoms with Crippen molar-refractivity contribution in [3.63, 3.8) is 0 Å². The molecule has 0 aromatic rings. The Balaban J connectivity index is 4.17. The third kappa shape index (κ3) is 6.14. The van der Waals surface area contributed by atoms with E-state index in [1.807, 2.05) is 13.8 Å². The largest absolute Gasteiger partial charge is 0.409 e. The van der Waals surface area contributed by atoms with Crippen molar-refractivity contribution in [2.24, 2.45) is 28.6 Å². The third-order valence-corrected chi connectivity index (χ3v) is 2.64. The fraction of sp³-hybridized carbons (Fsp3) is 0.833. The second kappa shape index (κ2) is 7.92. The van der Waals surface area contributed by atoms with Gasteiger partial charge in [-0.15, -0.1) is 0 Å². The summed E-state index contributed by atoms with van der Waals surface area (Å²) in [5, 5.41) is 14.4. The molecular weight excluding hydrogens is 218 g/mol. The maximum absolute atomic E-state index is 11.8. The van der Waals surface area contributed by atoms with E-state index in [-0.39, 0.29) is 17.7 Å². The first kappa shape index (κ1) is 15.7. The number of hydrogen-bond donors (Lipinski definition) is 3. The quantitative estimate of drug-likeness (QED) is 0.208. The van der Waals surface area contributed by atoms with Crippen LogP contribution in [-0.4, -0.2) is 23.5 Å². The molecule has 0 aliphatic carbocycles. The smallest absolute Gasteiger partial charge is 0.231 e. The Labute approximate surface area is 103 Å². The number of nitrogens with two attached hydrogens (primary N) is 1. The van der Waals surface area contributed by atoms with Crippen LogP contribution in [0.25, 0.3) is 0 Å². The van der Waals surface area contributed by atoms with E-state index in [0.717, 1.165) is 12.8 Å². The molecule has 5 heteroatoms. The van der Waals surface area contributed by atoms with Crippen molar-refractivity contribution in [1.29, 1.82) is 0 Å². The maximum atomic E-state index is 11.8. The first-order valence-corrected chi connectivity index (χ1v) is 6.15. The van der Waals surface area contributed by atoms with Gasteiger partial charge < -0.3 is 16.3 Å². The molecule has 0 spiro atoms. The van der Waals surface area contributed by atoms with Crippen molar-refractivity contribution < 1.29 is 10.0 Å². The Kier molecular flexibility index (Phi) is 7.34. The van der Waals surface area contributed by atoms with Crippen LogP contribution in [-0.2, 0) is 4.79 Å². The molecule has 0 aliphatic rings. The van der Waals surface area contributed by atoms with Gasteiger partial charge in [0.05, 0.1) is 0 Å². The molecule has 0 aliphatic heterocycles. The molecule has 0 radical (unpaired) electrons. The van der Waals surface area contributed by atoms with Gasteiger partial charge in [0, 0.05) is 6.54 Å². The Bertz CT molecular complexity index is 262. The predicted octanol–water partition coefficient (Wildman–Crippen LogP) is 1.56. The molecule has 5 nitrogen and oxygen atoms in total. The SMILES string of the molecule is CC(C)CCCNC(=O)C(/C(N)=N/O)C(C)C. The molecule has 0 fully saturated rings. The minimum absolute atomic E-state index is 0.0102. The summed E-state index contributed by atoms with van der Waals surface area (Å²) in [4.78, 5) is 11.8. The van der Waals surface area contributed by atoms with Gasteiger partial charge in [0.1, 0.15) is 5.92 Å². The van der Waals surface area contributed by atoms with Crippen LogP contribution in [0.1, 0.15) is 40.5 Å². The highest BCUT2D eigenvalue weighted by atomic mass is 16.4. The van der Waals surface area contributed by atoms with Gasteiger partial charge >= 0.3 is 0 Å². The second-order valence-electron chi connectivity index (χ2n) is 5.07. The van der Waals surface area contributed by atoms with E-state index in [1.54, 1.807) is 0 Å². The first-order valence-electron chi connectivity index (χ1n) is 6.15. The number of rotatable bonds is 7. The highest BCUT2D eigenvalue weighted by molar-refractivity contribution is 6.02. The van der Waals surface area contributed by atoms with Crippen LogP contribution in [0.5, 0.6) is 0 Å². The molecule has 4 N–H and O–H groups in total. The van der Waals surface area contributed by atoms with Crippen LogP contribution >= 0.6 is 0 Å². The van der Waals surface area contributed by atoms with Crippen LogP contribution in [0.4, 0.5) is 0 Å². The molecule has 0 saturated heterocycles. The lowest BCUT2D eigenvalue weighted by Crippen LogP contribution is -2.42. The number of carbonyl (C=O) groups excluding carboxylic acids is 1. The molecule has 17 heavy (non-hydrogen) atoms. The Hall–Kier alpha value is -1.26. The number of amidine groups is 1. The van der Waals surface area contributed by atoms with Crippen LogP contribution in [0.2, 0.25) is 0 Å². The second-order valence-corrected chi connectivity index (χ2v) is 5.07. The van der Waals surface area contributed by atoms with Crippen molar-refractivity contribution in [3.05, 3.63) is 0 Å². The summed E-state index contributed by atoms with van der Waals surface area (Å²) in [5.74, 6) is -0.104. The summed E-state index contributed by atoms with van der Waals surface area (Å²) in [6.07, 6.45) is 2.03. The van der Waals surface area contributed by atoms with Crippen LogP contribution in [0.3, 0.4) is 0 Å². The topological polar surface area (TPSA) is 87.7 Å². The van der Waals surface area contributed by atoms with Crippen molar-refractivity contribution in [2.45, 2.75) is 40.5 Å². The number of amides is 1. The lowest BCUT2D eigenvalue weighted by atomic mass is 9.94. The standard InChI is InChI=1S/C12H25N3O2/c1-8(2)6-5-7-14-12(16)10(9(3)4)11(13)15-17/h8-10,17H,5-7H2,1-4H3,(H2,13,15)(H,14,16). The monoisotopic (exact) mass is 243 g/mol. The van der Waals surface area contributed by atoms with E-state index in [0.29, 0.717) is 12.5 Å². The van der Waals surface area contributed by atoms with E-state index in [9.17, 15) is 4.79 Å². The zero-order chi connectivity index (χ0) is 13.4. The summed E-state index contributed by atoms with van der Waals surface area (Å²) in [6, 6.07) is 0. The normalized spacial score (nSPS) is 14.1. The number of nitrogens with one attached hydrogen (secondary N) is 1. The van der Waals surface area contributed by atoms with E-state index in [1.165, 1.54) is 0 Å². The molecule has 0 aromatic carbocycles. The fourth-order valence-electron chi connectivity index (χ4n) is 1.67. The number of hydrogen-bond acceptors (Lipinski definition) is 3. The summed E-state index contributed by atoms with van der Waals surface area (Å²) in [5.41, 5.74) is 5.51. The average Bonchev–Trinajstić information content (AvgIpc) is 2.23. The van der Waals surface area contributed by atoms with E-state index in [2.05, 4.69) is 24.3 Å². The molecular formula is C12H25N3O2. The predicted molar refractivity (Wildman–Crippen MR) is 68.8 cm³/mol. The van der Waals surface area contributed by atoms with Crippen LogP contribution in [0.15, 0.2) is 5.16 Å². The van der Waals surface area contributed by atoms with Gasteiger partial charge in [-0.25, -0.2) is 0 Å². The molecule has 0 heterocycles. The van der Waals surface area contributed by atoms with Gasteiger partial charge in [-0.05, 0) is 24.7 Å². The van der Waals surface area contributed by atoms with Crippen molar-refractivity contribution >= 4 is 11.7 Å². The zero-order valence-corrected chi connectivity index (χ0v) is 11.2. The van der Waals surface area contributed by atoms with E-state index < -0.39 is 5.92 Å². The Morgan fingerprint density at radius 1 is 1.35 bits per heavy atom. The summed E-state index contributed by atoms with van der Waals surface area (Å²) in [7, 11) is 0. The number of oxime groups is 1.